The zero-order valence-corrected chi connectivity index (χ0v) is 12.9. The maximum Gasteiger partial charge on any atom is 0.203 e. The van der Waals surface area contributed by atoms with Gasteiger partial charge in [-0.3, -0.25) is 0 Å². The van der Waals surface area contributed by atoms with E-state index >= 15 is 0 Å². The van der Waals surface area contributed by atoms with Crippen LogP contribution in [-0.4, -0.2) is 16.1 Å². The Kier molecular flexibility index (Phi) is 4.89. The van der Waals surface area contributed by atoms with Gasteiger partial charge >= 0.3 is 0 Å². The van der Waals surface area contributed by atoms with Crippen LogP contribution in [0.5, 0.6) is 0 Å². The van der Waals surface area contributed by atoms with Crippen molar-refractivity contribution in [2.75, 3.05) is 11.9 Å². The van der Waals surface area contributed by atoms with Gasteiger partial charge in [0, 0.05) is 18.8 Å². The van der Waals surface area contributed by atoms with E-state index in [1.165, 1.54) is 32.1 Å². The molecular weight excluding hydrogens is 234 g/mol. The summed E-state index contributed by atoms with van der Waals surface area (Å²) >= 11 is 0. The van der Waals surface area contributed by atoms with Gasteiger partial charge in [0.1, 0.15) is 0 Å². The molecule has 1 aliphatic rings. The van der Waals surface area contributed by atoms with Crippen LogP contribution in [-0.2, 0) is 0 Å². The monoisotopic (exact) mass is 263 g/mol. The minimum atomic E-state index is 0.659. The predicted molar refractivity (Wildman–Crippen MR) is 81.6 cm³/mol. The van der Waals surface area contributed by atoms with E-state index in [9.17, 15) is 0 Å². The van der Waals surface area contributed by atoms with Crippen LogP contribution < -0.4 is 5.32 Å². The third kappa shape index (κ3) is 3.74. The summed E-state index contributed by atoms with van der Waals surface area (Å²) in [6.07, 6.45) is 8.97. The lowest BCUT2D eigenvalue weighted by atomic mass is 9.95. The van der Waals surface area contributed by atoms with Gasteiger partial charge in [-0.2, -0.15) is 0 Å². The van der Waals surface area contributed by atoms with Crippen LogP contribution in [0, 0.1) is 18.8 Å². The SMILES string of the molecule is Cc1cn(C2CCCCC2)c(NCC(C)C(C)C)n1. The smallest absolute Gasteiger partial charge is 0.203 e. The predicted octanol–water partition coefficient (Wildman–Crippen LogP) is 4.40. The molecule has 0 spiro atoms. The summed E-state index contributed by atoms with van der Waals surface area (Å²) in [7, 11) is 0. The first-order chi connectivity index (χ1) is 9.08. The van der Waals surface area contributed by atoms with E-state index in [0.29, 0.717) is 17.9 Å². The first kappa shape index (κ1) is 14.4. The standard InChI is InChI=1S/C16H29N3/c1-12(2)13(3)10-17-16-18-14(4)11-19(16)15-8-6-5-7-9-15/h11-13,15H,5-10H2,1-4H3,(H,17,18). The highest BCUT2D eigenvalue weighted by molar-refractivity contribution is 5.29. The highest BCUT2D eigenvalue weighted by atomic mass is 15.2. The van der Waals surface area contributed by atoms with Crippen molar-refractivity contribution in [2.45, 2.75) is 65.8 Å². The van der Waals surface area contributed by atoms with Crippen molar-refractivity contribution in [3.8, 4) is 0 Å². The van der Waals surface area contributed by atoms with Crippen molar-refractivity contribution in [2.24, 2.45) is 11.8 Å². The Bertz CT molecular complexity index is 389. The van der Waals surface area contributed by atoms with Gasteiger partial charge in [-0.1, -0.05) is 40.0 Å². The van der Waals surface area contributed by atoms with Crippen LogP contribution in [0.4, 0.5) is 5.95 Å². The molecule has 3 heteroatoms. The Morgan fingerprint density at radius 2 is 1.95 bits per heavy atom. The number of nitrogens with one attached hydrogen (secondary N) is 1. The second kappa shape index (κ2) is 6.44. The Labute approximate surface area is 117 Å². The lowest BCUT2D eigenvalue weighted by molar-refractivity contribution is 0.354. The number of aryl methyl sites for hydroxylation is 1. The summed E-state index contributed by atoms with van der Waals surface area (Å²) in [5, 5.41) is 3.56. The van der Waals surface area contributed by atoms with Crippen LogP contribution >= 0.6 is 0 Å². The molecule has 1 aromatic rings. The molecule has 1 fully saturated rings. The zero-order chi connectivity index (χ0) is 13.8. The first-order valence-corrected chi connectivity index (χ1v) is 7.87. The molecule has 19 heavy (non-hydrogen) atoms. The fourth-order valence-corrected chi connectivity index (χ4v) is 2.77. The highest BCUT2D eigenvalue weighted by Crippen LogP contribution is 2.30. The van der Waals surface area contributed by atoms with Crippen LogP contribution in [0.15, 0.2) is 6.20 Å². The third-order valence-corrected chi connectivity index (χ3v) is 4.54. The first-order valence-electron chi connectivity index (χ1n) is 7.87. The largest absolute Gasteiger partial charge is 0.355 e. The number of rotatable bonds is 5. The average molecular weight is 263 g/mol. The number of anilines is 1. The second-order valence-corrected chi connectivity index (χ2v) is 6.51. The Balaban J connectivity index is 2.03. The Hall–Kier alpha value is -0.990. The molecule has 1 aliphatic carbocycles. The third-order valence-electron chi connectivity index (χ3n) is 4.54. The van der Waals surface area contributed by atoms with Gasteiger partial charge in [-0.15, -0.1) is 0 Å². The summed E-state index contributed by atoms with van der Waals surface area (Å²) in [4.78, 5) is 4.67. The molecule has 1 N–H and O–H groups in total. The van der Waals surface area contributed by atoms with Crippen LogP contribution in [0.25, 0.3) is 0 Å². The average Bonchev–Trinajstić information content (AvgIpc) is 2.78. The van der Waals surface area contributed by atoms with Crippen molar-refractivity contribution in [1.82, 2.24) is 9.55 Å². The number of aromatic nitrogens is 2. The fourth-order valence-electron chi connectivity index (χ4n) is 2.77. The topological polar surface area (TPSA) is 29.9 Å². The second-order valence-electron chi connectivity index (χ2n) is 6.51. The maximum atomic E-state index is 4.67. The Morgan fingerprint density at radius 1 is 1.26 bits per heavy atom. The summed E-state index contributed by atoms with van der Waals surface area (Å²) in [5.74, 6) is 2.47. The molecule has 0 aromatic carbocycles. The summed E-state index contributed by atoms with van der Waals surface area (Å²) in [6.45, 7) is 9.98. The Morgan fingerprint density at radius 3 is 2.58 bits per heavy atom. The molecule has 0 radical (unpaired) electrons. The van der Waals surface area contributed by atoms with Crippen molar-refractivity contribution >= 4 is 5.95 Å². The molecule has 1 saturated carbocycles. The van der Waals surface area contributed by atoms with Gasteiger partial charge in [0.05, 0.1) is 5.69 Å². The van der Waals surface area contributed by atoms with Crippen molar-refractivity contribution in [1.29, 1.82) is 0 Å². The van der Waals surface area contributed by atoms with E-state index in [1.54, 1.807) is 0 Å². The van der Waals surface area contributed by atoms with Crippen LogP contribution in [0.1, 0.15) is 64.6 Å². The van der Waals surface area contributed by atoms with Crippen molar-refractivity contribution in [3.63, 3.8) is 0 Å². The quantitative estimate of drug-likeness (QED) is 0.853. The van der Waals surface area contributed by atoms with E-state index in [2.05, 4.69) is 48.8 Å². The van der Waals surface area contributed by atoms with Gasteiger partial charge in [0.15, 0.2) is 0 Å². The maximum absolute atomic E-state index is 4.67. The molecule has 0 bridgehead atoms. The number of hydrogen-bond acceptors (Lipinski definition) is 2. The van der Waals surface area contributed by atoms with E-state index < -0.39 is 0 Å². The molecule has 3 nitrogen and oxygen atoms in total. The van der Waals surface area contributed by atoms with Gasteiger partial charge in [-0.05, 0) is 31.6 Å². The normalized spacial score (nSPS) is 18.8. The van der Waals surface area contributed by atoms with Crippen LogP contribution in [0.3, 0.4) is 0 Å². The molecule has 0 saturated heterocycles. The van der Waals surface area contributed by atoms with E-state index in [4.69, 9.17) is 0 Å². The molecule has 1 heterocycles. The van der Waals surface area contributed by atoms with Crippen molar-refractivity contribution < 1.29 is 0 Å². The summed E-state index contributed by atoms with van der Waals surface area (Å²) < 4.78 is 2.39. The van der Waals surface area contributed by atoms with Crippen molar-refractivity contribution in [3.05, 3.63) is 11.9 Å². The molecule has 1 atom stereocenters. The molecular formula is C16H29N3. The highest BCUT2D eigenvalue weighted by Gasteiger charge is 2.19. The molecule has 108 valence electrons. The van der Waals surface area contributed by atoms with Gasteiger partial charge in [-0.25, -0.2) is 4.98 Å². The minimum Gasteiger partial charge on any atom is -0.355 e. The summed E-state index contributed by atoms with van der Waals surface area (Å²) in [6, 6.07) is 0.659. The van der Waals surface area contributed by atoms with Gasteiger partial charge < -0.3 is 9.88 Å². The molecule has 1 aromatic heterocycles. The van der Waals surface area contributed by atoms with Gasteiger partial charge in [0.2, 0.25) is 5.95 Å². The lowest BCUT2D eigenvalue weighted by Crippen LogP contribution is -2.20. The number of nitrogens with zero attached hydrogens (tertiary/aromatic N) is 2. The van der Waals surface area contributed by atoms with E-state index in [0.717, 1.165) is 18.2 Å². The van der Waals surface area contributed by atoms with Crippen LogP contribution in [0.2, 0.25) is 0 Å². The van der Waals surface area contributed by atoms with E-state index in [1.807, 2.05) is 0 Å². The molecule has 0 aliphatic heterocycles. The number of imidazole rings is 1. The zero-order valence-electron chi connectivity index (χ0n) is 12.9. The lowest BCUT2D eigenvalue weighted by Gasteiger charge is -2.25. The van der Waals surface area contributed by atoms with Gasteiger partial charge in [0.25, 0.3) is 0 Å². The summed E-state index contributed by atoms with van der Waals surface area (Å²) in [5.41, 5.74) is 1.13. The minimum absolute atomic E-state index is 0.659. The molecule has 1 unspecified atom stereocenters. The van der Waals surface area contributed by atoms with E-state index in [-0.39, 0.29) is 0 Å². The molecule has 2 rings (SSSR count). The molecule has 0 amide bonds. The number of hydrogen-bond donors (Lipinski definition) is 1. The fraction of sp³-hybridized carbons (Fsp3) is 0.812.